The second kappa shape index (κ2) is 10.9. The molecule has 0 aromatic heterocycles. The van der Waals surface area contributed by atoms with Crippen LogP contribution in [0.1, 0.15) is 20.8 Å². The van der Waals surface area contributed by atoms with Crippen LogP contribution in [0, 0.1) is 0 Å². The summed E-state index contributed by atoms with van der Waals surface area (Å²) in [5, 5.41) is 80.3. The summed E-state index contributed by atoms with van der Waals surface area (Å²) in [6.45, 7) is 4.01. The minimum absolute atomic E-state index is 0.0675. The van der Waals surface area contributed by atoms with E-state index in [9.17, 15) is 45.6 Å². The van der Waals surface area contributed by atoms with Gasteiger partial charge in [-0.3, -0.25) is 0 Å². The lowest BCUT2D eigenvalue weighted by Crippen LogP contribution is -2.64. The van der Waals surface area contributed by atoms with Gasteiger partial charge in [-0.2, -0.15) is 0 Å². The molecule has 0 aliphatic carbocycles. The summed E-state index contributed by atoms with van der Waals surface area (Å²) in [5.41, 5.74) is 0. The lowest BCUT2D eigenvalue weighted by molar-refractivity contribution is -0.362. The number of ether oxygens (including phenoxy) is 4. The zero-order valence-electron chi connectivity index (χ0n) is 17.3. The molecule has 13 nitrogen and oxygen atoms in total. The Balaban J connectivity index is 2.18. The number of aliphatic hydroxyl groups excluding tert-OH is 8. The fourth-order valence-corrected chi connectivity index (χ4v) is 3.42. The van der Waals surface area contributed by atoms with Crippen molar-refractivity contribution in [2.24, 2.45) is 0 Å². The first-order valence-corrected chi connectivity index (χ1v) is 9.92. The molecule has 2 heterocycles. The lowest BCUT2D eigenvalue weighted by atomic mass is 9.97. The van der Waals surface area contributed by atoms with Crippen LogP contribution in [0.3, 0.4) is 0 Å². The first-order chi connectivity index (χ1) is 14.4. The van der Waals surface area contributed by atoms with Gasteiger partial charge in [-0.25, -0.2) is 0 Å². The molecule has 0 radical (unpaired) electrons. The van der Waals surface area contributed by atoms with Crippen LogP contribution >= 0.6 is 0 Å². The van der Waals surface area contributed by atoms with E-state index in [0.717, 1.165) is 0 Å². The summed E-state index contributed by atoms with van der Waals surface area (Å²) in [6, 6.07) is 0. The van der Waals surface area contributed by atoms with E-state index >= 15 is 0 Å². The maximum atomic E-state index is 11.0. The number of hydrogen-bond acceptors (Lipinski definition) is 13. The van der Waals surface area contributed by atoms with Crippen LogP contribution in [0.4, 0.5) is 0 Å². The predicted octanol–water partition coefficient (Wildman–Crippen LogP) is -4.65. The number of carbonyl (C=O) groups is 1. The SMILES string of the molecule is CC(O)C(O)C(O[C@H]1O[C@H](C)[C@@H](O)[C@H](O[C@H]2O[C@H](C)[C@@H](O)[C@H](O)[C@@H]2O)[C@@H]1O)C(O)C=O. The third-order valence-corrected chi connectivity index (χ3v) is 5.48. The van der Waals surface area contributed by atoms with Crippen molar-refractivity contribution >= 4 is 6.29 Å². The molecule has 8 N–H and O–H groups in total. The molecule has 2 saturated heterocycles. The molecule has 0 aromatic rings. The van der Waals surface area contributed by atoms with Gasteiger partial charge in [0.05, 0.1) is 18.3 Å². The molecule has 31 heavy (non-hydrogen) atoms. The van der Waals surface area contributed by atoms with Crippen molar-refractivity contribution in [2.75, 3.05) is 0 Å². The largest absolute Gasteiger partial charge is 0.391 e. The molecule has 0 aromatic carbocycles. The highest BCUT2D eigenvalue weighted by Gasteiger charge is 2.50. The van der Waals surface area contributed by atoms with E-state index in [1.54, 1.807) is 0 Å². The van der Waals surface area contributed by atoms with Crippen molar-refractivity contribution in [2.45, 2.75) is 107 Å². The van der Waals surface area contributed by atoms with Crippen LogP contribution in [-0.4, -0.2) is 133 Å². The van der Waals surface area contributed by atoms with E-state index in [1.807, 2.05) is 0 Å². The monoisotopic (exact) mass is 456 g/mol. The molecule has 4 unspecified atom stereocenters. The van der Waals surface area contributed by atoms with Gasteiger partial charge < -0.3 is 64.6 Å². The van der Waals surface area contributed by atoms with Gasteiger partial charge in [0.25, 0.3) is 0 Å². The second-order valence-electron chi connectivity index (χ2n) is 7.93. The number of hydrogen-bond donors (Lipinski definition) is 8. The lowest BCUT2D eigenvalue weighted by Gasteiger charge is -2.46. The third-order valence-electron chi connectivity index (χ3n) is 5.48. The molecule has 0 bridgehead atoms. The second-order valence-corrected chi connectivity index (χ2v) is 7.93. The zero-order chi connectivity index (χ0) is 23.6. The van der Waals surface area contributed by atoms with E-state index in [-0.39, 0.29) is 6.29 Å². The Kier molecular flexibility index (Phi) is 9.27. The molecule has 0 saturated carbocycles. The van der Waals surface area contributed by atoms with Gasteiger partial charge in [-0.1, -0.05) is 0 Å². The molecule has 2 fully saturated rings. The first-order valence-electron chi connectivity index (χ1n) is 9.92. The van der Waals surface area contributed by atoms with Gasteiger partial charge in [-0.05, 0) is 20.8 Å². The van der Waals surface area contributed by atoms with Crippen LogP contribution in [-0.2, 0) is 23.7 Å². The van der Waals surface area contributed by atoms with Crippen LogP contribution in [0.2, 0.25) is 0 Å². The fraction of sp³-hybridized carbons (Fsp3) is 0.944. The average molecular weight is 456 g/mol. The van der Waals surface area contributed by atoms with E-state index in [2.05, 4.69) is 0 Å². The number of rotatable bonds is 8. The Hall–Kier alpha value is -0.810. The number of aldehydes is 1. The molecule has 182 valence electrons. The highest BCUT2D eigenvalue weighted by Crippen LogP contribution is 2.30. The van der Waals surface area contributed by atoms with Gasteiger partial charge in [0.1, 0.15) is 54.9 Å². The van der Waals surface area contributed by atoms with Crippen LogP contribution < -0.4 is 0 Å². The molecule has 2 rings (SSSR count). The summed E-state index contributed by atoms with van der Waals surface area (Å²) < 4.78 is 21.5. The van der Waals surface area contributed by atoms with Crippen molar-refractivity contribution in [3.05, 3.63) is 0 Å². The van der Waals surface area contributed by atoms with Crippen LogP contribution in [0.25, 0.3) is 0 Å². The first kappa shape index (κ1) is 26.4. The van der Waals surface area contributed by atoms with Crippen molar-refractivity contribution in [3.8, 4) is 0 Å². The summed E-state index contributed by atoms with van der Waals surface area (Å²) in [4.78, 5) is 11.0. The fourth-order valence-electron chi connectivity index (χ4n) is 3.42. The van der Waals surface area contributed by atoms with Crippen LogP contribution in [0.15, 0.2) is 0 Å². The predicted molar refractivity (Wildman–Crippen MR) is 98.2 cm³/mol. The third kappa shape index (κ3) is 5.76. The minimum atomic E-state index is -1.87. The maximum absolute atomic E-state index is 11.0. The standard InChI is InChI=1S/C18H32O13/c1-5(20)9(22)15(8(21)4-19)30-18-14(27)16(11(24)7(3)29-18)31-17-13(26)12(25)10(23)6(2)28-17/h4-18,20-27H,1-3H3/t5?,6-,7-,8?,9?,10-,11-,12+,13+,14+,15?,16+,17-,18-/m1/s1. The van der Waals surface area contributed by atoms with Gasteiger partial charge in [0.15, 0.2) is 18.9 Å². The smallest absolute Gasteiger partial charge is 0.187 e. The number of carbonyl (C=O) groups excluding carboxylic acids is 1. The summed E-state index contributed by atoms with van der Waals surface area (Å²) in [5.74, 6) is 0. The van der Waals surface area contributed by atoms with E-state index < -0.39 is 85.8 Å². The number of aliphatic hydroxyl groups is 8. The molecular formula is C18H32O13. The Morgan fingerprint density at radius 2 is 1.35 bits per heavy atom. The van der Waals surface area contributed by atoms with Gasteiger partial charge >= 0.3 is 0 Å². The zero-order valence-corrected chi connectivity index (χ0v) is 17.3. The maximum Gasteiger partial charge on any atom is 0.187 e. The van der Waals surface area contributed by atoms with Crippen LogP contribution in [0.5, 0.6) is 0 Å². The Labute approximate surface area is 178 Å². The molecular weight excluding hydrogens is 424 g/mol. The van der Waals surface area contributed by atoms with Gasteiger partial charge in [0, 0.05) is 0 Å². The van der Waals surface area contributed by atoms with E-state index in [4.69, 9.17) is 18.9 Å². The average Bonchev–Trinajstić information content (AvgIpc) is 2.73. The normalized spacial score (nSPS) is 45.5. The topological polar surface area (TPSA) is 216 Å². The van der Waals surface area contributed by atoms with Crippen molar-refractivity contribution in [3.63, 3.8) is 0 Å². The quantitative estimate of drug-likeness (QED) is 0.161. The molecule has 14 atom stereocenters. The Bertz CT molecular complexity index is 577. The molecule has 2 aliphatic heterocycles. The summed E-state index contributed by atoms with van der Waals surface area (Å²) in [7, 11) is 0. The Morgan fingerprint density at radius 1 is 0.806 bits per heavy atom. The highest BCUT2D eigenvalue weighted by atomic mass is 16.7. The van der Waals surface area contributed by atoms with Gasteiger partial charge in [0.2, 0.25) is 0 Å². The minimum Gasteiger partial charge on any atom is -0.391 e. The molecule has 0 amide bonds. The molecule has 2 aliphatic rings. The van der Waals surface area contributed by atoms with Gasteiger partial charge in [-0.15, -0.1) is 0 Å². The summed E-state index contributed by atoms with van der Waals surface area (Å²) >= 11 is 0. The van der Waals surface area contributed by atoms with Crippen molar-refractivity contribution in [1.29, 1.82) is 0 Å². The summed E-state index contributed by atoms with van der Waals surface area (Å²) in [6.07, 6.45) is -21.2. The van der Waals surface area contributed by atoms with Crippen molar-refractivity contribution in [1.82, 2.24) is 0 Å². The van der Waals surface area contributed by atoms with E-state index in [1.165, 1.54) is 20.8 Å². The highest BCUT2D eigenvalue weighted by molar-refractivity contribution is 5.56. The Morgan fingerprint density at radius 3 is 1.90 bits per heavy atom. The molecule has 0 spiro atoms. The van der Waals surface area contributed by atoms with E-state index in [0.29, 0.717) is 0 Å². The van der Waals surface area contributed by atoms with Crippen molar-refractivity contribution < 1.29 is 64.6 Å². The molecule has 13 heteroatoms.